The molecule has 39 heavy (non-hydrogen) atoms. The van der Waals surface area contributed by atoms with Crippen LogP contribution in [0.25, 0.3) is 5.69 Å². The maximum atomic E-state index is 13.7. The van der Waals surface area contributed by atoms with Crippen molar-refractivity contribution in [2.24, 2.45) is 0 Å². The monoisotopic (exact) mass is 526 g/mol. The zero-order chi connectivity index (χ0) is 27.2. The lowest BCUT2D eigenvalue weighted by Crippen LogP contribution is -2.31. The van der Waals surface area contributed by atoms with E-state index in [9.17, 15) is 9.59 Å². The summed E-state index contributed by atoms with van der Waals surface area (Å²) in [4.78, 5) is 26.5. The first kappa shape index (κ1) is 26.0. The highest BCUT2D eigenvalue weighted by molar-refractivity contribution is 5.95. The van der Waals surface area contributed by atoms with Crippen molar-refractivity contribution >= 4 is 17.3 Å². The molecule has 0 bridgehead atoms. The Bertz CT molecular complexity index is 1490. The van der Waals surface area contributed by atoms with Crippen LogP contribution in [0.3, 0.4) is 0 Å². The summed E-state index contributed by atoms with van der Waals surface area (Å²) in [6.45, 7) is 3.16. The van der Waals surface area contributed by atoms with Crippen molar-refractivity contribution in [1.29, 1.82) is 0 Å². The van der Waals surface area contributed by atoms with Crippen LogP contribution in [-0.2, 0) is 4.74 Å². The van der Waals surface area contributed by atoms with Crippen LogP contribution in [0.15, 0.2) is 83.8 Å². The first-order valence-electron chi connectivity index (χ1n) is 12.8. The van der Waals surface area contributed by atoms with Crippen LogP contribution in [0.1, 0.15) is 28.8 Å². The summed E-state index contributed by atoms with van der Waals surface area (Å²) in [5, 5.41) is 10.5. The second kappa shape index (κ2) is 11.8. The number of methoxy groups -OCH3 is 1. The normalized spacial score (nSPS) is 14.6. The number of carbonyl (C=O) groups is 1. The Morgan fingerprint density at radius 3 is 2.56 bits per heavy atom. The summed E-state index contributed by atoms with van der Waals surface area (Å²) in [6.07, 6.45) is 3.48. The molecule has 0 aliphatic carbocycles. The molecule has 1 fully saturated rings. The Balaban J connectivity index is 1.45. The van der Waals surface area contributed by atoms with Gasteiger partial charge >= 0.3 is 0 Å². The van der Waals surface area contributed by atoms with E-state index >= 15 is 0 Å². The molecular weight excluding hydrogens is 496 g/mol. The highest BCUT2D eigenvalue weighted by atomic mass is 16.5. The van der Waals surface area contributed by atoms with Gasteiger partial charge in [0, 0.05) is 24.4 Å². The number of benzene rings is 3. The molecule has 1 aromatic heterocycles. The molecule has 200 valence electrons. The number of carbonyl (C=O) groups excluding carboxylic acids is 1. The van der Waals surface area contributed by atoms with Gasteiger partial charge in [-0.1, -0.05) is 23.8 Å². The third-order valence-corrected chi connectivity index (χ3v) is 6.42. The zero-order valence-corrected chi connectivity index (χ0v) is 21.8. The van der Waals surface area contributed by atoms with Gasteiger partial charge in [-0.15, -0.1) is 0 Å². The number of hydrogen-bond acceptors (Lipinski definition) is 7. The van der Waals surface area contributed by atoms with Gasteiger partial charge in [0.25, 0.3) is 11.5 Å². The Morgan fingerprint density at radius 1 is 1.08 bits per heavy atom. The van der Waals surface area contributed by atoms with Gasteiger partial charge in [0.15, 0.2) is 11.4 Å². The van der Waals surface area contributed by atoms with Gasteiger partial charge in [0.05, 0.1) is 25.1 Å². The summed E-state index contributed by atoms with van der Waals surface area (Å²) < 4.78 is 18.2. The number of nitrogens with zero attached hydrogens (tertiary/aromatic N) is 2. The lowest BCUT2D eigenvalue weighted by atomic mass is 10.1. The molecule has 0 saturated carbocycles. The molecular formula is C30H30N4O5. The average Bonchev–Trinajstić information content (AvgIpc) is 3.49. The van der Waals surface area contributed by atoms with Gasteiger partial charge < -0.3 is 24.8 Å². The minimum absolute atomic E-state index is 0.0463. The van der Waals surface area contributed by atoms with E-state index in [4.69, 9.17) is 14.2 Å². The molecule has 3 aromatic carbocycles. The molecule has 9 nitrogen and oxygen atoms in total. The molecule has 1 unspecified atom stereocenters. The van der Waals surface area contributed by atoms with E-state index in [1.165, 1.54) is 10.9 Å². The number of ether oxygens (including phenoxy) is 3. The van der Waals surface area contributed by atoms with E-state index in [1.807, 2.05) is 31.2 Å². The van der Waals surface area contributed by atoms with E-state index in [1.54, 1.807) is 55.6 Å². The fraction of sp³-hybridized carbons (Fsp3) is 0.233. The lowest BCUT2D eigenvalue weighted by molar-refractivity contribution is 0.0858. The van der Waals surface area contributed by atoms with Gasteiger partial charge in [0.1, 0.15) is 11.5 Å². The number of aromatic nitrogens is 2. The first-order valence-corrected chi connectivity index (χ1v) is 12.8. The van der Waals surface area contributed by atoms with E-state index < -0.39 is 5.56 Å². The molecule has 4 aromatic rings. The van der Waals surface area contributed by atoms with Crippen LogP contribution in [0.2, 0.25) is 0 Å². The highest BCUT2D eigenvalue weighted by Crippen LogP contribution is 2.30. The van der Waals surface area contributed by atoms with Crippen LogP contribution < -0.4 is 25.7 Å². The van der Waals surface area contributed by atoms with Crippen molar-refractivity contribution in [2.75, 3.05) is 25.6 Å². The number of anilines is 2. The Morgan fingerprint density at radius 2 is 1.85 bits per heavy atom. The second-order valence-electron chi connectivity index (χ2n) is 9.26. The van der Waals surface area contributed by atoms with Crippen molar-refractivity contribution in [3.8, 4) is 22.9 Å². The molecule has 1 atom stereocenters. The first-order chi connectivity index (χ1) is 19.0. The van der Waals surface area contributed by atoms with Crippen LogP contribution in [0.5, 0.6) is 17.2 Å². The largest absolute Gasteiger partial charge is 0.497 e. The summed E-state index contributed by atoms with van der Waals surface area (Å²) in [6, 6.07) is 21.5. The molecule has 0 radical (unpaired) electrons. The van der Waals surface area contributed by atoms with E-state index in [2.05, 4.69) is 15.7 Å². The fourth-order valence-electron chi connectivity index (χ4n) is 4.27. The molecule has 1 amide bonds. The van der Waals surface area contributed by atoms with Gasteiger partial charge in [-0.3, -0.25) is 9.59 Å². The number of nitrogens with one attached hydrogen (secondary N) is 2. The molecule has 9 heteroatoms. The van der Waals surface area contributed by atoms with Gasteiger partial charge in [-0.25, -0.2) is 0 Å². The number of rotatable bonds is 9. The fourth-order valence-corrected chi connectivity index (χ4v) is 4.27. The standard InChI is InChI=1S/C30H30N4O5/c1-20-8-10-23(11-9-20)34-30(36)28(27(19-32-34)39-25-14-12-24(37-2)13-15-25)33-22-6-3-5-21(17-22)29(35)31-18-26-7-4-16-38-26/h3,5-6,8-15,17,19,26,33H,4,7,16,18H2,1-2H3,(H,31,35). The van der Waals surface area contributed by atoms with Crippen molar-refractivity contribution in [3.05, 3.63) is 100 Å². The Kier molecular flexibility index (Phi) is 7.88. The molecule has 5 rings (SSSR count). The third kappa shape index (κ3) is 6.27. The number of amides is 1. The van der Waals surface area contributed by atoms with E-state index in [0.29, 0.717) is 35.0 Å². The molecule has 2 heterocycles. The highest BCUT2D eigenvalue weighted by Gasteiger charge is 2.18. The van der Waals surface area contributed by atoms with Crippen LogP contribution >= 0.6 is 0 Å². The van der Waals surface area contributed by atoms with Gasteiger partial charge in [0.2, 0.25) is 0 Å². The maximum absolute atomic E-state index is 13.7. The van der Waals surface area contributed by atoms with Crippen molar-refractivity contribution < 1.29 is 19.0 Å². The number of aryl methyl sites for hydroxylation is 1. The molecule has 1 aliphatic heterocycles. The summed E-state index contributed by atoms with van der Waals surface area (Å²) >= 11 is 0. The number of hydrogen-bond donors (Lipinski definition) is 2. The minimum atomic E-state index is -0.405. The average molecular weight is 527 g/mol. The molecule has 1 saturated heterocycles. The van der Waals surface area contributed by atoms with Gasteiger partial charge in [-0.2, -0.15) is 9.78 Å². The van der Waals surface area contributed by atoms with Crippen LogP contribution in [0.4, 0.5) is 11.4 Å². The van der Waals surface area contributed by atoms with Crippen LogP contribution in [-0.4, -0.2) is 42.1 Å². The molecule has 0 spiro atoms. The predicted molar refractivity (Wildman–Crippen MR) is 149 cm³/mol. The molecule has 2 N–H and O–H groups in total. The van der Waals surface area contributed by atoms with Crippen molar-refractivity contribution in [1.82, 2.24) is 15.1 Å². The maximum Gasteiger partial charge on any atom is 0.299 e. The summed E-state index contributed by atoms with van der Waals surface area (Å²) in [7, 11) is 1.59. The van der Waals surface area contributed by atoms with Crippen molar-refractivity contribution in [2.45, 2.75) is 25.9 Å². The minimum Gasteiger partial charge on any atom is -0.497 e. The predicted octanol–water partition coefficient (Wildman–Crippen LogP) is 4.99. The Labute approximate surface area is 226 Å². The summed E-state index contributed by atoms with van der Waals surface area (Å²) in [5.41, 5.74) is 2.48. The summed E-state index contributed by atoms with van der Waals surface area (Å²) in [5.74, 6) is 1.22. The van der Waals surface area contributed by atoms with E-state index in [-0.39, 0.29) is 23.4 Å². The van der Waals surface area contributed by atoms with Crippen LogP contribution in [0, 0.1) is 6.92 Å². The smallest absolute Gasteiger partial charge is 0.299 e. The van der Waals surface area contributed by atoms with E-state index in [0.717, 1.165) is 25.0 Å². The SMILES string of the molecule is COc1ccc(Oc2cnn(-c3ccc(C)cc3)c(=O)c2Nc2cccc(C(=O)NCC3CCCO3)c2)cc1. The lowest BCUT2D eigenvalue weighted by Gasteiger charge is -2.15. The third-order valence-electron chi connectivity index (χ3n) is 6.42. The zero-order valence-electron chi connectivity index (χ0n) is 21.8. The second-order valence-corrected chi connectivity index (χ2v) is 9.26. The van der Waals surface area contributed by atoms with Gasteiger partial charge in [-0.05, 0) is 74.4 Å². The molecule has 1 aliphatic rings. The quantitative estimate of drug-likeness (QED) is 0.317. The Hall–Kier alpha value is -4.63. The topological polar surface area (TPSA) is 104 Å². The van der Waals surface area contributed by atoms with Crippen molar-refractivity contribution in [3.63, 3.8) is 0 Å².